The number of nitrogens with one attached hydrogen (secondary N) is 1. The lowest BCUT2D eigenvalue weighted by Crippen LogP contribution is -2.31. The minimum Gasteiger partial charge on any atom is -0.381 e. The molecule has 0 spiro atoms. The molecular weight excluding hydrogens is 290 g/mol. The van der Waals surface area contributed by atoms with E-state index in [4.69, 9.17) is 4.74 Å². The van der Waals surface area contributed by atoms with E-state index in [0.29, 0.717) is 18.1 Å². The normalized spacial score (nSPS) is 11.7. The molecule has 0 atom stereocenters. The summed E-state index contributed by atoms with van der Waals surface area (Å²) in [7, 11) is -3.82. The SMILES string of the molecule is Cc1ccc(S(=O)(=O)NC(=O)CCOCC(C)C)c(C)c1. The number of hydrogen-bond acceptors (Lipinski definition) is 4. The first-order chi connectivity index (χ1) is 9.72. The summed E-state index contributed by atoms with van der Waals surface area (Å²) in [4.78, 5) is 11.8. The predicted octanol–water partition coefficient (Wildman–Crippen LogP) is 2.17. The second-order valence-corrected chi connectivity index (χ2v) is 7.17. The van der Waals surface area contributed by atoms with Gasteiger partial charge >= 0.3 is 0 Å². The number of amides is 1. The Labute approximate surface area is 126 Å². The van der Waals surface area contributed by atoms with E-state index in [-0.39, 0.29) is 17.9 Å². The van der Waals surface area contributed by atoms with Crippen LogP contribution in [-0.4, -0.2) is 27.5 Å². The van der Waals surface area contributed by atoms with Crippen molar-refractivity contribution in [1.82, 2.24) is 4.72 Å². The van der Waals surface area contributed by atoms with Crippen molar-refractivity contribution in [3.8, 4) is 0 Å². The molecule has 0 aliphatic carbocycles. The molecule has 0 bridgehead atoms. The van der Waals surface area contributed by atoms with Gasteiger partial charge in [0, 0.05) is 6.61 Å². The standard InChI is InChI=1S/C15H23NO4S/c1-11(2)10-20-8-7-15(17)16-21(18,19)14-6-5-12(3)9-13(14)4/h5-6,9,11H,7-8,10H2,1-4H3,(H,16,17). The highest BCUT2D eigenvalue weighted by Gasteiger charge is 2.19. The largest absolute Gasteiger partial charge is 0.381 e. The maximum Gasteiger partial charge on any atom is 0.264 e. The van der Waals surface area contributed by atoms with Gasteiger partial charge in [-0.1, -0.05) is 31.5 Å². The number of aryl methyl sites for hydroxylation is 2. The molecule has 1 amide bonds. The number of hydrogen-bond donors (Lipinski definition) is 1. The lowest BCUT2D eigenvalue weighted by atomic mass is 10.2. The zero-order chi connectivity index (χ0) is 16.0. The lowest BCUT2D eigenvalue weighted by Gasteiger charge is -2.10. The summed E-state index contributed by atoms with van der Waals surface area (Å²) in [5.74, 6) is -0.175. The van der Waals surface area contributed by atoms with Crippen molar-refractivity contribution in [1.29, 1.82) is 0 Å². The van der Waals surface area contributed by atoms with E-state index in [2.05, 4.69) is 4.72 Å². The van der Waals surface area contributed by atoms with Crippen LogP contribution in [0.15, 0.2) is 23.1 Å². The van der Waals surface area contributed by atoms with Crippen LogP contribution in [0.1, 0.15) is 31.4 Å². The average Bonchev–Trinajstić information content (AvgIpc) is 2.33. The van der Waals surface area contributed by atoms with E-state index in [0.717, 1.165) is 5.56 Å². The highest BCUT2D eigenvalue weighted by Crippen LogP contribution is 2.16. The highest BCUT2D eigenvalue weighted by molar-refractivity contribution is 7.90. The minimum atomic E-state index is -3.82. The molecule has 0 radical (unpaired) electrons. The Hall–Kier alpha value is -1.40. The fourth-order valence-corrected chi connectivity index (χ4v) is 3.08. The van der Waals surface area contributed by atoms with Crippen LogP contribution in [0.2, 0.25) is 0 Å². The van der Waals surface area contributed by atoms with Gasteiger partial charge in [0.05, 0.1) is 17.9 Å². The Kier molecular flexibility index (Phi) is 6.36. The molecular formula is C15H23NO4S. The molecule has 0 heterocycles. The van der Waals surface area contributed by atoms with Gasteiger partial charge in [0.1, 0.15) is 0 Å². The first-order valence-electron chi connectivity index (χ1n) is 6.93. The fraction of sp³-hybridized carbons (Fsp3) is 0.533. The summed E-state index contributed by atoms with van der Waals surface area (Å²) in [6, 6.07) is 4.98. The number of carbonyl (C=O) groups is 1. The minimum absolute atomic E-state index is 0.0247. The molecule has 0 aliphatic heterocycles. The Bertz CT molecular complexity index is 594. The molecule has 1 rings (SSSR count). The van der Waals surface area contributed by atoms with Gasteiger partial charge in [0.15, 0.2) is 0 Å². The van der Waals surface area contributed by atoms with E-state index in [1.807, 2.05) is 20.8 Å². The molecule has 0 aromatic heterocycles. The quantitative estimate of drug-likeness (QED) is 0.783. The first kappa shape index (κ1) is 17.7. The Morgan fingerprint density at radius 3 is 2.52 bits per heavy atom. The maximum absolute atomic E-state index is 12.1. The van der Waals surface area contributed by atoms with E-state index in [1.165, 1.54) is 6.07 Å². The Morgan fingerprint density at radius 1 is 1.29 bits per heavy atom. The molecule has 0 unspecified atom stereocenters. The third kappa shape index (κ3) is 5.85. The summed E-state index contributed by atoms with van der Waals surface area (Å²) in [6.07, 6.45) is 0.0247. The second kappa shape index (κ2) is 7.56. The molecule has 1 aromatic carbocycles. The van der Waals surface area contributed by atoms with Gasteiger partial charge in [-0.05, 0) is 31.4 Å². The summed E-state index contributed by atoms with van der Waals surface area (Å²) >= 11 is 0. The van der Waals surface area contributed by atoms with Crippen LogP contribution >= 0.6 is 0 Å². The molecule has 1 aromatic rings. The van der Waals surface area contributed by atoms with Gasteiger partial charge < -0.3 is 4.74 Å². The van der Waals surface area contributed by atoms with Gasteiger partial charge in [-0.2, -0.15) is 0 Å². The topological polar surface area (TPSA) is 72.5 Å². The van der Waals surface area contributed by atoms with Crippen molar-refractivity contribution >= 4 is 15.9 Å². The Balaban J connectivity index is 2.61. The summed E-state index contributed by atoms with van der Waals surface area (Å²) in [5, 5.41) is 0. The van der Waals surface area contributed by atoms with E-state index < -0.39 is 15.9 Å². The van der Waals surface area contributed by atoms with Crippen LogP contribution in [0.5, 0.6) is 0 Å². The molecule has 0 saturated heterocycles. The number of rotatable bonds is 7. The number of benzene rings is 1. The van der Waals surface area contributed by atoms with Gasteiger partial charge in [0.25, 0.3) is 10.0 Å². The molecule has 21 heavy (non-hydrogen) atoms. The zero-order valence-corrected chi connectivity index (χ0v) is 13.8. The van der Waals surface area contributed by atoms with Crippen LogP contribution in [0.25, 0.3) is 0 Å². The Morgan fingerprint density at radius 2 is 1.95 bits per heavy atom. The van der Waals surface area contributed by atoms with Gasteiger partial charge in [-0.15, -0.1) is 0 Å². The molecule has 0 fully saturated rings. The van der Waals surface area contributed by atoms with E-state index in [1.54, 1.807) is 19.1 Å². The predicted molar refractivity (Wildman–Crippen MR) is 81.5 cm³/mol. The summed E-state index contributed by atoms with van der Waals surface area (Å²) in [6.45, 7) is 8.37. The lowest BCUT2D eigenvalue weighted by molar-refractivity contribution is -0.120. The van der Waals surface area contributed by atoms with Gasteiger partial charge in [0.2, 0.25) is 5.91 Å². The number of ether oxygens (including phenoxy) is 1. The first-order valence-corrected chi connectivity index (χ1v) is 8.41. The zero-order valence-electron chi connectivity index (χ0n) is 13.0. The highest BCUT2D eigenvalue weighted by atomic mass is 32.2. The van der Waals surface area contributed by atoms with Crippen LogP contribution in [-0.2, 0) is 19.6 Å². The molecule has 6 heteroatoms. The van der Waals surface area contributed by atoms with Crippen molar-refractivity contribution in [2.75, 3.05) is 13.2 Å². The fourth-order valence-electron chi connectivity index (χ4n) is 1.84. The summed E-state index contributed by atoms with van der Waals surface area (Å²) < 4.78 is 31.6. The second-order valence-electron chi connectivity index (χ2n) is 5.52. The smallest absolute Gasteiger partial charge is 0.264 e. The van der Waals surface area contributed by atoms with Gasteiger partial charge in [-0.25, -0.2) is 13.1 Å². The third-order valence-electron chi connectivity index (χ3n) is 2.79. The number of sulfonamides is 1. The van der Waals surface area contributed by atoms with Crippen molar-refractivity contribution in [3.63, 3.8) is 0 Å². The molecule has 0 saturated carbocycles. The van der Waals surface area contributed by atoms with E-state index >= 15 is 0 Å². The van der Waals surface area contributed by atoms with Crippen molar-refractivity contribution in [3.05, 3.63) is 29.3 Å². The molecule has 118 valence electrons. The van der Waals surface area contributed by atoms with Crippen molar-refractivity contribution in [2.24, 2.45) is 5.92 Å². The molecule has 5 nitrogen and oxygen atoms in total. The third-order valence-corrected chi connectivity index (χ3v) is 4.33. The average molecular weight is 313 g/mol. The number of carbonyl (C=O) groups excluding carboxylic acids is 1. The monoisotopic (exact) mass is 313 g/mol. The van der Waals surface area contributed by atoms with Crippen LogP contribution < -0.4 is 4.72 Å². The molecule has 1 N–H and O–H groups in total. The van der Waals surface area contributed by atoms with Crippen molar-refractivity contribution in [2.45, 2.75) is 39.0 Å². The van der Waals surface area contributed by atoms with Crippen molar-refractivity contribution < 1.29 is 17.9 Å². The van der Waals surface area contributed by atoms with Gasteiger partial charge in [-0.3, -0.25) is 4.79 Å². The maximum atomic E-state index is 12.1. The van der Waals surface area contributed by atoms with Crippen LogP contribution in [0.4, 0.5) is 0 Å². The van der Waals surface area contributed by atoms with Crippen LogP contribution in [0, 0.1) is 19.8 Å². The van der Waals surface area contributed by atoms with E-state index in [9.17, 15) is 13.2 Å². The molecule has 0 aliphatic rings. The summed E-state index contributed by atoms with van der Waals surface area (Å²) in [5.41, 5.74) is 1.59. The van der Waals surface area contributed by atoms with Crippen LogP contribution in [0.3, 0.4) is 0 Å².